The van der Waals surface area contributed by atoms with Crippen LogP contribution in [0.25, 0.3) is 0 Å². The molecule has 1 unspecified atom stereocenters. The van der Waals surface area contributed by atoms with Crippen LogP contribution in [0.1, 0.15) is 34.6 Å². The van der Waals surface area contributed by atoms with Gasteiger partial charge in [-0.2, -0.15) is 0 Å². The first-order valence-corrected chi connectivity index (χ1v) is 8.94. The topological polar surface area (TPSA) is 101 Å². The molecule has 10 heteroatoms. The molecular weight excluding hydrogens is 341 g/mol. The number of ether oxygens (including phenoxy) is 2. The fourth-order valence-electron chi connectivity index (χ4n) is 1.49. The molecule has 0 fully saturated rings. The van der Waals surface area contributed by atoms with Crippen LogP contribution in [0, 0.1) is 0 Å². The lowest BCUT2D eigenvalue weighted by Gasteiger charge is -2.24. The SMILES string of the molecule is COC(=O)ON(C(=O)OC)C(C)/C=C/P(=O)(OC(C)C)OC(C)C. The van der Waals surface area contributed by atoms with Gasteiger partial charge in [-0.3, -0.25) is 9.40 Å². The second-order valence-corrected chi connectivity index (χ2v) is 7.07. The van der Waals surface area contributed by atoms with Crippen molar-refractivity contribution in [1.29, 1.82) is 0 Å². The molecule has 0 aliphatic carbocycles. The van der Waals surface area contributed by atoms with E-state index in [1.165, 1.54) is 18.8 Å². The molecule has 0 radical (unpaired) electrons. The number of nitrogens with zero attached hydrogens (tertiary/aromatic N) is 1. The van der Waals surface area contributed by atoms with Crippen LogP contribution >= 0.6 is 7.60 Å². The van der Waals surface area contributed by atoms with Crippen LogP contribution < -0.4 is 0 Å². The summed E-state index contributed by atoms with van der Waals surface area (Å²) in [4.78, 5) is 27.6. The average Bonchev–Trinajstić information content (AvgIpc) is 2.47. The Morgan fingerprint density at radius 3 is 1.83 bits per heavy atom. The summed E-state index contributed by atoms with van der Waals surface area (Å²) < 4.78 is 32.2. The highest BCUT2D eigenvalue weighted by Gasteiger charge is 2.28. The summed E-state index contributed by atoms with van der Waals surface area (Å²) in [5.41, 5.74) is 0. The van der Waals surface area contributed by atoms with Crippen molar-refractivity contribution in [2.75, 3.05) is 14.2 Å². The predicted molar refractivity (Wildman–Crippen MR) is 86.4 cm³/mol. The van der Waals surface area contributed by atoms with E-state index in [1.54, 1.807) is 27.7 Å². The molecule has 0 saturated heterocycles. The Kier molecular flexibility index (Phi) is 9.65. The van der Waals surface area contributed by atoms with Crippen molar-refractivity contribution in [3.8, 4) is 0 Å². The molecule has 1 amide bonds. The summed E-state index contributed by atoms with van der Waals surface area (Å²) in [5.74, 6) is 1.22. The van der Waals surface area contributed by atoms with Crippen LogP contribution in [0.5, 0.6) is 0 Å². The largest absolute Gasteiger partial charge is 0.533 e. The molecular formula is C14H26NO8P. The van der Waals surface area contributed by atoms with Crippen molar-refractivity contribution in [3.63, 3.8) is 0 Å². The van der Waals surface area contributed by atoms with Crippen LogP contribution in [-0.4, -0.2) is 49.8 Å². The van der Waals surface area contributed by atoms with Crippen molar-refractivity contribution < 1.29 is 37.5 Å². The number of carbonyl (C=O) groups excluding carboxylic acids is 2. The van der Waals surface area contributed by atoms with Crippen LogP contribution in [0.15, 0.2) is 11.9 Å². The Balaban J connectivity index is 5.29. The maximum atomic E-state index is 12.7. The van der Waals surface area contributed by atoms with Crippen molar-refractivity contribution in [1.82, 2.24) is 5.06 Å². The van der Waals surface area contributed by atoms with Gasteiger partial charge in [-0.25, -0.2) is 9.59 Å². The zero-order valence-corrected chi connectivity index (χ0v) is 15.9. The molecule has 0 rings (SSSR count). The number of rotatable bonds is 7. The van der Waals surface area contributed by atoms with Crippen LogP contribution in [0.3, 0.4) is 0 Å². The summed E-state index contributed by atoms with van der Waals surface area (Å²) in [6.45, 7) is 8.39. The van der Waals surface area contributed by atoms with Gasteiger partial charge in [-0.05, 0) is 34.6 Å². The Bertz CT molecular complexity index is 477. The van der Waals surface area contributed by atoms with Gasteiger partial charge in [0.05, 0.1) is 32.5 Å². The Morgan fingerprint density at radius 1 is 0.958 bits per heavy atom. The zero-order chi connectivity index (χ0) is 18.9. The third-order valence-electron chi connectivity index (χ3n) is 2.33. The summed E-state index contributed by atoms with van der Waals surface area (Å²) in [6.07, 6.45) is -1.34. The van der Waals surface area contributed by atoms with Gasteiger partial charge in [-0.15, -0.1) is 5.06 Å². The van der Waals surface area contributed by atoms with E-state index in [0.29, 0.717) is 5.06 Å². The fraction of sp³-hybridized carbons (Fsp3) is 0.714. The number of hydrogen-bond donors (Lipinski definition) is 0. The normalized spacial score (nSPS) is 13.2. The lowest BCUT2D eigenvalue weighted by Crippen LogP contribution is -2.39. The molecule has 0 N–H and O–H groups in total. The quantitative estimate of drug-likeness (QED) is 0.381. The number of hydrogen-bond acceptors (Lipinski definition) is 8. The fourth-order valence-corrected chi connectivity index (χ4v) is 3.31. The number of hydroxylamine groups is 2. The van der Waals surface area contributed by atoms with Gasteiger partial charge in [0, 0.05) is 5.82 Å². The highest BCUT2D eigenvalue weighted by atomic mass is 31.2. The van der Waals surface area contributed by atoms with Gasteiger partial charge in [0.15, 0.2) is 0 Å². The molecule has 0 aromatic heterocycles. The molecule has 0 spiro atoms. The van der Waals surface area contributed by atoms with Gasteiger partial charge in [0.25, 0.3) is 0 Å². The molecule has 0 aliphatic heterocycles. The van der Waals surface area contributed by atoms with E-state index in [4.69, 9.17) is 13.9 Å². The molecule has 0 aromatic carbocycles. The summed E-state index contributed by atoms with van der Waals surface area (Å²) in [5, 5.41) is 0.636. The Morgan fingerprint density at radius 2 is 1.46 bits per heavy atom. The minimum Gasteiger partial charge on any atom is -0.451 e. The summed E-state index contributed by atoms with van der Waals surface area (Å²) in [6, 6.07) is -0.809. The molecule has 0 heterocycles. The van der Waals surface area contributed by atoms with Gasteiger partial charge in [0.2, 0.25) is 0 Å². The Hall–Kier alpha value is -1.57. The number of amides is 1. The maximum absolute atomic E-state index is 12.7. The minimum atomic E-state index is -3.54. The summed E-state index contributed by atoms with van der Waals surface area (Å²) >= 11 is 0. The molecule has 0 aliphatic rings. The average molecular weight is 367 g/mol. The minimum absolute atomic E-state index is 0.336. The standard InChI is InChI=1S/C14H26NO8P/c1-10(2)22-24(18,23-11(3)4)9-8-12(5)15(13(16)19-6)21-14(17)20-7/h8-12H,1-7H3/b9-8+. The van der Waals surface area contributed by atoms with Gasteiger partial charge < -0.3 is 18.5 Å². The second-order valence-electron chi connectivity index (χ2n) is 5.27. The van der Waals surface area contributed by atoms with Gasteiger partial charge in [0.1, 0.15) is 0 Å². The third-order valence-corrected chi connectivity index (χ3v) is 4.29. The van der Waals surface area contributed by atoms with E-state index in [-0.39, 0.29) is 12.2 Å². The monoisotopic (exact) mass is 367 g/mol. The first kappa shape index (κ1) is 22.4. The summed E-state index contributed by atoms with van der Waals surface area (Å²) in [7, 11) is -1.31. The number of carbonyl (C=O) groups is 2. The molecule has 24 heavy (non-hydrogen) atoms. The molecule has 0 saturated carbocycles. The van der Waals surface area contributed by atoms with Crippen molar-refractivity contribution in [2.45, 2.75) is 52.9 Å². The number of methoxy groups -OCH3 is 2. The van der Waals surface area contributed by atoms with Crippen molar-refractivity contribution >= 4 is 19.8 Å². The molecule has 140 valence electrons. The van der Waals surface area contributed by atoms with E-state index < -0.39 is 25.9 Å². The molecule has 0 aromatic rings. The first-order chi connectivity index (χ1) is 11.0. The maximum Gasteiger partial charge on any atom is 0.533 e. The third kappa shape index (κ3) is 8.33. The van der Waals surface area contributed by atoms with E-state index in [1.807, 2.05) is 0 Å². The van der Waals surface area contributed by atoms with Crippen LogP contribution in [-0.2, 0) is 27.9 Å². The van der Waals surface area contributed by atoms with Crippen molar-refractivity contribution in [3.05, 3.63) is 11.9 Å². The highest BCUT2D eigenvalue weighted by molar-refractivity contribution is 7.57. The first-order valence-electron chi connectivity index (χ1n) is 7.33. The second kappa shape index (κ2) is 10.3. The highest BCUT2D eigenvalue weighted by Crippen LogP contribution is 2.52. The van der Waals surface area contributed by atoms with E-state index in [2.05, 4.69) is 9.47 Å². The van der Waals surface area contributed by atoms with Crippen molar-refractivity contribution in [2.24, 2.45) is 0 Å². The lowest BCUT2D eigenvalue weighted by atomic mass is 10.3. The van der Waals surface area contributed by atoms with E-state index in [0.717, 1.165) is 14.2 Å². The molecule has 0 bridgehead atoms. The molecule has 9 nitrogen and oxygen atoms in total. The van der Waals surface area contributed by atoms with Crippen LogP contribution in [0.2, 0.25) is 0 Å². The lowest BCUT2D eigenvalue weighted by molar-refractivity contribution is -0.115. The van der Waals surface area contributed by atoms with Gasteiger partial charge >= 0.3 is 19.8 Å². The zero-order valence-electron chi connectivity index (χ0n) is 15.0. The Labute approximate surface area is 142 Å². The van der Waals surface area contributed by atoms with E-state index >= 15 is 0 Å². The van der Waals surface area contributed by atoms with Crippen LogP contribution in [0.4, 0.5) is 9.59 Å². The smallest absolute Gasteiger partial charge is 0.451 e. The molecule has 1 atom stereocenters. The predicted octanol–water partition coefficient (Wildman–Crippen LogP) is 3.70. The van der Waals surface area contributed by atoms with Gasteiger partial charge in [-0.1, -0.05) is 6.08 Å². The van der Waals surface area contributed by atoms with E-state index in [9.17, 15) is 14.2 Å².